The number of carbonyl (C=O) groups is 3. The van der Waals surface area contributed by atoms with Crippen LogP contribution in [-0.2, 0) is 42.8 Å². The molecule has 0 aromatic rings. The monoisotopic (exact) mass is 642 g/mol. The third-order valence-electron chi connectivity index (χ3n) is 10.4. The molecule has 252 valence electrons. The number of hydrogen-bond acceptors (Lipinski definition) is 11. The number of aliphatic hydroxyl groups is 2. The van der Waals surface area contributed by atoms with E-state index in [1.165, 1.54) is 23.8 Å². The van der Waals surface area contributed by atoms with Crippen molar-refractivity contribution in [3.8, 4) is 0 Å². The summed E-state index contributed by atoms with van der Waals surface area (Å²) in [5.74, 6) is -1.37. The Morgan fingerprint density at radius 2 is 2.02 bits per heavy atom. The molecule has 46 heavy (non-hydrogen) atoms. The van der Waals surface area contributed by atoms with Crippen molar-refractivity contribution >= 4 is 17.9 Å². The molecule has 1 saturated carbocycles. The van der Waals surface area contributed by atoms with Crippen molar-refractivity contribution in [1.29, 1.82) is 0 Å². The number of rotatable bonds is 14. The van der Waals surface area contributed by atoms with Crippen LogP contribution < -0.4 is 0 Å². The van der Waals surface area contributed by atoms with Crippen LogP contribution >= 0.6 is 0 Å². The fourth-order valence-electron chi connectivity index (χ4n) is 7.55. The number of carbonyl (C=O) groups excluding carboxylic acids is 3. The summed E-state index contributed by atoms with van der Waals surface area (Å²) in [5, 5.41) is 19.3. The van der Waals surface area contributed by atoms with Gasteiger partial charge in [0.2, 0.25) is 0 Å². The van der Waals surface area contributed by atoms with Crippen molar-refractivity contribution in [2.75, 3.05) is 33.0 Å². The first-order valence-electron chi connectivity index (χ1n) is 16.1. The summed E-state index contributed by atoms with van der Waals surface area (Å²) in [6.07, 6.45) is 11.4. The van der Waals surface area contributed by atoms with Crippen LogP contribution in [0.25, 0.3) is 0 Å². The topological polar surface area (TPSA) is 150 Å². The molecule has 0 aromatic carbocycles. The second-order valence-electron chi connectivity index (χ2n) is 13.3. The molecule has 1 spiro atoms. The predicted molar refractivity (Wildman–Crippen MR) is 165 cm³/mol. The lowest BCUT2D eigenvalue weighted by Gasteiger charge is -2.58. The van der Waals surface area contributed by atoms with Crippen molar-refractivity contribution in [3.63, 3.8) is 0 Å². The Bertz CT molecular complexity index is 1340. The minimum absolute atomic E-state index is 0.0517. The lowest BCUT2D eigenvalue weighted by atomic mass is 9.51. The van der Waals surface area contributed by atoms with Crippen LogP contribution in [0.2, 0.25) is 0 Å². The number of hydrogen-bond donors (Lipinski definition) is 2. The maximum atomic E-state index is 13.2. The van der Waals surface area contributed by atoms with Gasteiger partial charge in [-0.15, -0.1) is 0 Å². The van der Waals surface area contributed by atoms with Crippen molar-refractivity contribution in [1.82, 2.24) is 0 Å². The zero-order valence-corrected chi connectivity index (χ0v) is 27.1. The first kappa shape index (κ1) is 34.3. The van der Waals surface area contributed by atoms with Crippen molar-refractivity contribution in [3.05, 3.63) is 59.3 Å². The second-order valence-corrected chi connectivity index (χ2v) is 13.3. The van der Waals surface area contributed by atoms with Crippen LogP contribution in [0.3, 0.4) is 0 Å². The van der Waals surface area contributed by atoms with Crippen molar-refractivity contribution < 1.29 is 53.0 Å². The van der Waals surface area contributed by atoms with Crippen LogP contribution in [0.15, 0.2) is 59.3 Å². The molecule has 8 unspecified atom stereocenters. The average Bonchev–Trinajstić information content (AvgIpc) is 3.67. The third kappa shape index (κ3) is 6.66. The highest BCUT2D eigenvalue weighted by Gasteiger charge is 2.83. The number of aliphatic hydroxyl groups excluding tert-OH is 2. The summed E-state index contributed by atoms with van der Waals surface area (Å²) in [7, 11) is 0. The van der Waals surface area contributed by atoms with E-state index in [2.05, 4.69) is 19.9 Å². The molecule has 5 rings (SSSR count). The van der Waals surface area contributed by atoms with Crippen LogP contribution in [-0.4, -0.2) is 97.3 Å². The lowest BCUT2D eigenvalue weighted by Crippen LogP contribution is -2.66. The Kier molecular flexibility index (Phi) is 10.4. The quantitative estimate of drug-likeness (QED) is 0.0718. The van der Waals surface area contributed by atoms with E-state index in [0.717, 1.165) is 17.6 Å². The minimum Gasteiger partial charge on any atom is -0.462 e. The van der Waals surface area contributed by atoms with Gasteiger partial charge in [-0.1, -0.05) is 42.4 Å². The van der Waals surface area contributed by atoms with E-state index in [0.29, 0.717) is 38.9 Å². The Hall–Kier alpha value is -3.09. The molecule has 2 bridgehead atoms. The Morgan fingerprint density at radius 1 is 1.24 bits per heavy atom. The van der Waals surface area contributed by atoms with E-state index in [1.807, 2.05) is 0 Å². The highest BCUT2D eigenvalue weighted by atomic mass is 16.6. The fraction of sp³-hybridized carbons (Fsp3) is 0.629. The van der Waals surface area contributed by atoms with Gasteiger partial charge in [0.05, 0.1) is 36.9 Å². The zero-order valence-electron chi connectivity index (χ0n) is 27.1. The van der Waals surface area contributed by atoms with E-state index in [9.17, 15) is 24.6 Å². The highest BCUT2D eigenvalue weighted by molar-refractivity contribution is 5.85. The van der Waals surface area contributed by atoms with Gasteiger partial charge in [0.1, 0.15) is 31.0 Å². The summed E-state index contributed by atoms with van der Waals surface area (Å²) in [5.41, 5.74) is 0.749. The smallest absolute Gasteiger partial charge is 0.331 e. The molecule has 11 nitrogen and oxygen atoms in total. The number of fused-ring (bicyclic) bond motifs is 2. The Labute approximate surface area is 269 Å². The number of ether oxygens (including phenoxy) is 6. The number of epoxide rings is 1. The second kappa shape index (κ2) is 13.9. The van der Waals surface area contributed by atoms with Gasteiger partial charge >= 0.3 is 17.9 Å². The summed E-state index contributed by atoms with van der Waals surface area (Å²) >= 11 is 0. The van der Waals surface area contributed by atoms with Gasteiger partial charge in [-0.2, -0.15) is 0 Å². The minimum atomic E-state index is -0.792. The summed E-state index contributed by atoms with van der Waals surface area (Å²) < 4.78 is 35.5. The number of esters is 3. The first-order chi connectivity index (χ1) is 21.9. The molecule has 2 N–H and O–H groups in total. The largest absolute Gasteiger partial charge is 0.462 e. The maximum absolute atomic E-state index is 13.2. The summed E-state index contributed by atoms with van der Waals surface area (Å²) in [6.45, 7) is 8.59. The predicted octanol–water partition coefficient (Wildman–Crippen LogP) is 3.19. The molecule has 11 heteroatoms. The molecule has 5 aliphatic rings. The van der Waals surface area contributed by atoms with Crippen LogP contribution in [0.4, 0.5) is 0 Å². The molecule has 0 aromatic heterocycles. The number of allylic oxidation sites excluding steroid dienone is 3. The molecule has 0 amide bonds. The van der Waals surface area contributed by atoms with Gasteiger partial charge in [0, 0.05) is 36.7 Å². The first-order valence-corrected chi connectivity index (χ1v) is 16.1. The molecule has 8 atom stereocenters. The fourth-order valence-corrected chi connectivity index (χ4v) is 7.55. The molecular formula is C35H46O11. The summed E-state index contributed by atoms with van der Waals surface area (Å²) in [6, 6.07) is 0. The van der Waals surface area contributed by atoms with Crippen LogP contribution in [0.1, 0.15) is 59.8 Å². The van der Waals surface area contributed by atoms with Crippen molar-refractivity contribution in [2.24, 2.45) is 10.8 Å². The van der Waals surface area contributed by atoms with Crippen LogP contribution in [0, 0.1) is 10.8 Å². The van der Waals surface area contributed by atoms with E-state index in [-0.39, 0.29) is 38.0 Å². The maximum Gasteiger partial charge on any atom is 0.331 e. The molecule has 3 aliphatic heterocycles. The van der Waals surface area contributed by atoms with Gasteiger partial charge in [-0.05, 0) is 52.0 Å². The highest BCUT2D eigenvalue weighted by Crippen LogP contribution is 2.72. The molecule has 2 aliphatic carbocycles. The van der Waals surface area contributed by atoms with Crippen molar-refractivity contribution in [2.45, 2.75) is 95.9 Å². The molecule has 3 heterocycles. The van der Waals surface area contributed by atoms with Gasteiger partial charge in [0.25, 0.3) is 0 Å². The van der Waals surface area contributed by atoms with E-state index in [4.69, 9.17) is 28.4 Å². The van der Waals surface area contributed by atoms with E-state index < -0.39 is 46.7 Å². The normalized spacial score (nSPS) is 34.7. The van der Waals surface area contributed by atoms with E-state index >= 15 is 0 Å². The standard InChI is InChI=1S/C35H46O11/c1-22-9-12-34(20-43-31(39)16-23(2)10-13-36)28(15-22)45-29-18-27(33(34,4)35(29)21-44-35)46-30(38)8-6-5-7-26(24(3)37)41-14-11-25-17-32(40)42-19-25/h5-8,15-17,24,26-29,36-37H,9-14,18-21H2,1-4H3. The Balaban J connectivity index is 1.27. The Morgan fingerprint density at radius 3 is 2.70 bits per heavy atom. The van der Waals surface area contributed by atoms with Gasteiger partial charge < -0.3 is 38.6 Å². The molecule has 2 saturated heterocycles. The summed E-state index contributed by atoms with van der Waals surface area (Å²) in [4.78, 5) is 37.2. The van der Waals surface area contributed by atoms with E-state index in [1.54, 1.807) is 32.1 Å². The average molecular weight is 643 g/mol. The molecule has 3 fully saturated rings. The van der Waals surface area contributed by atoms with Gasteiger partial charge in [0.15, 0.2) is 0 Å². The SMILES string of the molecule is CC(=CC(=O)OCC12CCC(C)=CC1OC1CC(OC(=O)C=CC=CC(OCCC3=CC(=O)OC3)C(C)O)C2(C)C12CO2)CCO. The zero-order chi connectivity index (χ0) is 33.1. The molecular weight excluding hydrogens is 596 g/mol. The van der Waals surface area contributed by atoms with Gasteiger partial charge in [-0.3, -0.25) is 0 Å². The lowest BCUT2D eigenvalue weighted by molar-refractivity contribution is -0.232. The third-order valence-corrected chi connectivity index (χ3v) is 10.4. The van der Waals surface area contributed by atoms with Crippen LogP contribution in [0.5, 0.6) is 0 Å². The van der Waals surface area contributed by atoms with Gasteiger partial charge in [-0.25, -0.2) is 14.4 Å². The molecule has 0 radical (unpaired) electrons. The number of cyclic esters (lactones) is 1.